The van der Waals surface area contributed by atoms with Gasteiger partial charge < -0.3 is 0 Å². The molecule has 0 aromatic heterocycles. The van der Waals surface area contributed by atoms with Crippen LogP contribution in [-0.4, -0.2) is 5.94 Å². The van der Waals surface area contributed by atoms with E-state index >= 15 is 0 Å². The molecule has 0 amide bonds. The smallest absolute Gasteiger partial charge is 0.108 e. The first kappa shape index (κ1) is 9.10. The van der Waals surface area contributed by atoms with Gasteiger partial charge in [0.1, 0.15) is 0 Å². The highest BCUT2D eigenvalue weighted by atomic mass is 32.2. The van der Waals surface area contributed by atoms with E-state index in [2.05, 4.69) is 45.0 Å². The molecule has 2 heteroatoms. The van der Waals surface area contributed by atoms with Crippen molar-refractivity contribution in [2.45, 2.75) is 31.1 Å². The molecule has 1 atom stereocenters. The lowest BCUT2D eigenvalue weighted by Gasteiger charge is -2.18. The standard InChI is InChI=1S/C11H15OS/c1-11(2,3)9-4-6-10(7-5-9)13-8-12-13/h4-7H,8H2,1-3H3/q+1. The molecule has 1 aromatic rings. The van der Waals surface area contributed by atoms with Gasteiger partial charge in [-0.1, -0.05) is 32.9 Å². The quantitative estimate of drug-likeness (QED) is 0.496. The van der Waals surface area contributed by atoms with Crippen LogP contribution in [0, 0.1) is 0 Å². The van der Waals surface area contributed by atoms with Crippen molar-refractivity contribution in [3.63, 3.8) is 0 Å². The monoisotopic (exact) mass is 195 g/mol. The third-order valence-electron chi connectivity index (χ3n) is 2.22. The van der Waals surface area contributed by atoms with E-state index in [9.17, 15) is 0 Å². The highest BCUT2D eigenvalue weighted by Crippen LogP contribution is 2.29. The van der Waals surface area contributed by atoms with E-state index < -0.39 is 0 Å². The summed E-state index contributed by atoms with van der Waals surface area (Å²) in [6.45, 7) is 6.70. The van der Waals surface area contributed by atoms with Gasteiger partial charge in [0.05, 0.1) is 0 Å². The molecule has 1 unspecified atom stereocenters. The van der Waals surface area contributed by atoms with Crippen LogP contribution in [0.25, 0.3) is 0 Å². The molecule has 70 valence electrons. The van der Waals surface area contributed by atoms with Gasteiger partial charge in [-0.15, -0.1) is 4.18 Å². The summed E-state index contributed by atoms with van der Waals surface area (Å²) in [5.41, 5.74) is 1.65. The van der Waals surface area contributed by atoms with Crippen molar-refractivity contribution in [3.8, 4) is 0 Å². The Morgan fingerprint density at radius 3 is 2.08 bits per heavy atom. The Bertz CT molecular complexity index is 293. The Morgan fingerprint density at radius 1 is 1.15 bits per heavy atom. The van der Waals surface area contributed by atoms with Crippen LogP contribution in [0.3, 0.4) is 0 Å². The van der Waals surface area contributed by atoms with Gasteiger partial charge in [0, 0.05) is 0 Å². The maximum absolute atomic E-state index is 5.25. The van der Waals surface area contributed by atoms with E-state index in [0.717, 1.165) is 5.94 Å². The van der Waals surface area contributed by atoms with Crippen LogP contribution < -0.4 is 0 Å². The molecule has 0 aliphatic carbocycles. The summed E-state index contributed by atoms with van der Waals surface area (Å²) in [7, 11) is 0. The zero-order valence-electron chi connectivity index (χ0n) is 8.33. The second-order valence-electron chi connectivity index (χ2n) is 4.36. The summed E-state index contributed by atoms with van der Waals surface area (Å²) in [5, 5.41) is 0. The summed E-state index contributed by atoms with van der Waals surface area (Å²) in [4.78, 5) is 1.34. The molecular formula is C11H15OS+. The average molecular weight is 195 g/mol. The Labute approximate surface area is 82.7 Å². The molecular weight excluding hydrogens is 180 g/mol. The molecule has 0 spiro atoms. The largest absolute Gasteiger partial charge is 0.296 e. The summed E-state index contributed by atoms with van der Waals surface area (Å²) in [6, 6.07) is 8.81. The van der Waals surface area contributed by atoms with E-state index in [1.165, 1.54) is 10.5 Å². The van der Waals surface area contributed by atoms with Crippen LogP contribution in [0.5, 0.6) is 0 Å². The van der Waals surface area contributed by atoms with E-state index in [-0.39, 0.29) is 16.6 Å². The first-order chi connectivity index (χ1) is 6.07. The number of benzene rings is 1. The molecule has 1 aromatic carbocycles. The normalized spacial score (nSPS) is 21.6. The Morgan fingerprint density at radius 2 is 1.69 bits per heavy atom. The van der Waals surface area contributed by atoms with Crippen LogP contribution in [0.4, 0.5) is 0 Å². The summed E-state index contributed by atoms with van der Waals surface area (Å²) >= 11 is 0.136. The Balaban J connectivity index is 2.22. The minimum atomic E-state index is 0.136. The second kappa shape index (κ2) is 3.03. The first-order valence-electron chi connectivity index (χ1n) is 4.52. The van der Waals surface area contributed by atoms with Crippen LogP contribution in [-0.2, 0) is 20.8 Å². The number of rotatable bonds is 1. The van der Waals surface area contributed by atoms with Gasteiger partial charge in [-0.25, -0.2) is 0 Å². The maximum atomic E-state index is 5.25. The van der Waals surface area contributed by atoms with Gasteiger partial charge in [0.2, 0.25) is 11.2 Å². The van der Waals surface area contributed by atoms with Crippen molar-refractivity contribution in [3.05, 3.63) is 29.8 Å². The van der Waals surface area contributed by atoms with Crippen LogP contribution in [0.2, 0.25) is 0 Å². The first-order valence-corrected chi connectivity index (χ1v) is 5.84. The van der Waals surface area contributed by atoms with Crippen LogP contribution in [0.15, 0.2) is 29.2 Å². The average Bonchev–Trinajstić information content (AvgIpc) is 2.85. The fraction of sp³-hybridized carbons (Fsp3) is 0.455. The van der Waals surface area contributed by atoms with Crippen LogP contribution >= 0.6 is 0 Å². The molecule has 1 heterocycles. The van der Waals surface area contributed by atoms with Gasteiger partial charge in [-0.05, 0) is 23.1 Å². The predicted octanol–water partition coefficient (Wildman–Crippen LogP) is 2.86. The van der Waals surface area contributed by atoms with Crippen molar-refractivity contribution in [1.82, 2.24) is 0 Å². The summed E-state index contributed by atoms with van der Waals surface area (Å²) in [5.74, 6) is 0.925. The zero-order chi connectivity index (χ0) is 9.47. The lowest BCUT2D eigenvalue weighted by Crippen LogP contribution is -2.10. The molecule has 0 radical (unpaired) electrons. The van der Waals surface area contributed by atoms with Crippen molar-refractivity contribution >= 4 is 11.2 Å². The molecule has 0 bridgehead atoms. The van der Waals surface area contributed by atoms with Gasteiger partial charge in [-0.3, -0.25) is 0 Å². The minimum absolute atomic E-state index is 0.136. The van der Waals surface area contributed by atoms with Gasteiger partial charge in [0.25, 0.3) is 5.94 Å². The van der Waals surface area contributed by atoms with E-state index in [1.54, 1.807) is 0 Å². The highest BCUT2D eigenvalue weighted by Gasteiger charge is 2.41. The number of hydrogen-bond donors (Lipinski definition) is 0. The maximum Gasteiger partial charge on any atom is 0.296 e. The van der Waals surface area contributed by atoms with Crippen LogP contribution in [0.1, 0.15) is 26.3 Å². The predicted molar refractivity (Wildman–Crippen MR) is 56.7 cm³/mol. The molecule has 1 fully saturated rings. The molecule has 1 saturated heterocycles. The van der Waals surface area contributed by atoms with Crippen molar-refractivity contribution < 1.29 is 4.18 Å². The topological polar surface area (TPSA) is 12.5 Å². The zero-order valence-corrected chi connectivity index (χ0v) is 9.15. The Kier molecular flexibility index (Phi) is 2.12. The molecule has 2 rings (SSSR count). The van der Waals surface area contributed by atoms with E-state index in [0.29, 0.717) is 0 Å². The molecule has 0 N–H and O–H groups in total. The third kappa shape index (κ3) is 2.06. The van der Waals surface area contributed by atoms with E-state index in [1.807, 2.05) is 0 Å². The van der Waals surface area contributed by atoms with Crippen molar-refractivity contribution in [2.75, 3.05) is 5.94 Å². The summed E-state index contributed by atoms with van der Waals surface area (Å²) < 4.78 is 5.25. The minimum Gasteiger partial charge on any atom is -0.108 e. The van der Waals surface area contributed by atoms with Crippen molar-refractivity contribution in [2.24, 2.45) is 0 Å². The van der Waals surface area contributed by atoms with Gasteiger partial charge in [0.15, 0.2) is 4.90 Å². The van der Waals surface area contributed by atoms with Crippen molar-refractivity contribution in [1.29, 1.82) is 0 Å². The molecule has 1 aliphatic heterocycles. The lowest BCUT2D eigenvalue weighted by molar-refractivity contribution is 0.574. The van der Waals surface area contributed by atoms with Gasteiger partial charge in [-0.2, -0.15) is 0 Å². The molecule has 1 nitrogen and oxygen atoms in total. The molecule has 0 saturated carbocycles. The highest BCUT2D eigenvalue weighted by molar-refractivity contribution is 7.97. The molecule has 1 aliphatic rings. The lowest BCUT2D eigenvalue weighted by atomic mass is 9.87. The SMILES string of the molecule is CC(C)(C)c1ccc([S+]2CO2)cc1. The van der Waals surface area contributed by atoms with E-state index in [4.69, 9.17) is 4.18 Å². The fourth-order valence-electron chi connectivity index (χ4n) is 1.27. The Hall–Kier alpha value is -0.470. The third-order valence-corrected chi connectivity index (χ3v) is 3.49. The fourth-order valence-corrected chi connectivity index (χ4v) is 2.17. The molecule has 13 heavy (non-hydrogen) atoms. The number of hydrogen-bond acceptors (Lipinski definition) is 1. The van der Waals surface area contributed by atoms with Gasteiger partial charge >= 0.3 is 0 Å². The summed E-state index contributed by atoms with van der Waals surface area (Å²) in [6.07, 6.45) is 0. The second-order valence-corrected chi connectivity index (χ2v) is 5.99.